The van der Waals surface area contributed by atoms with Gasteiger partial charge in [0.1, 0.15) is 11.2 Å². The second-order valence-electron chi connectivity index (χ2n) is 6.13. The Morgan fingerprint density at radius 2 is 1.93 bits per heavy atom. The molecule has 0 unspecified atom stereocenters. The number of ether oxygens (including phenoxy) is 2. The highest BCUT2D eigenvalue weighted by Gasteiger charge is 2.30. The Bertz CT molecular complexity index is 1140. The fraction of sp³-hybridized carbons (Fsp3) is 0.263. The maximum Gasteiger partial charge on any atom is 0.356 e. The lowest BCUT2D eigenvalue weighted by atomic mass is 10.2. The minimum atomic E-state index is -4.11. The molecule has 0 amide bonds. The maximum absolute atomic E-state index is 13.5. The number of hydrogen-bond acceptors (Lipinski definition) is 6. The summed E-state index contributed by atoms with van der Waals surface area (Å²) in [6, 6.07) is 7.84. The van der Waals surface area contributed by atoms with Gasteiger partial charge in [0.2, 0.25) is 5.88 Å². The number of methoxy groups -OCH3 is 1. The van der Waals surface area contributed by atoms with Crippen LogP contribution < -0.4 is 4.74 Å². The van der Waals surface area contributed by atoms with Crippen molar-refractivity contribution >= 4 is 42.8 Å². The van der Waals surface area contributed by atoms with E-state index < -0.39 is 16.0 Å². The van der Waals surface area contributed by atoms with E-state index in [1.165, 1.54) is 31.5 Å². The molecular weight excluding hydrogens is 448 g/mol. The molecule has 0 aliphatic rings. The molecule has 148 valence electrons. The number of rotatable bonds is 6. The van der Waals surface area contributed by atoms with Gasteiger partial charge in [-0.3, -0.25) is 0 Å². The van der Waals surface area contributed by atoms with Crippen LogP contribution in [-0.2, 0) is 14.8 Å². The van der Waals surface area contributed by atoms with E-state index in [0.29, 0.717) is 16.3 Å². The standard InChI is InChI=1S/C19H19BrN2O5S/c1-4-9-27-19(23)16-10-14-15(20)11-21-18(26-3)17(14)22(16)28(24,25)13-7-5-12(2)6-8-13/h5-8,10-11H,4,9H2,1-3H3. The van der Waals surface area contributed by atoms with Crippen molar-refractivity contribution in [3.05, 3.63) is 52.3 Å². The molecule has 0 bridgehead atoms. The number of aromatic nitrogens is 2. The predicted octanol–water partition coefficient (Wildman–Crippen LogP) is 3.92. The third-order valence-electron chi connectivity index (χ3n) is 4.11. The van der Waals surface area contributed by atoms with Gasteiger partial charge in [0.05, 0.1) is 18.6 Å². The number of aryl methyl sites for hydroxylation is 1. The molecule has 0 aliphatic heterocycles. The van der Waals surface area contributed by atoms with Gasteiger partial charge in [0.15, 0.2) is 0 Å². The summed E-state index contributed by atoms with van der Waals surface area (Å²) in [5.74, 6) is -0.647. The fourth-order valence-electron chi connectivity index (χ4n) is 2.75. The molecule has 0 atom stereocenters. The topological polar surface area (TPSA) is 87.5 Å². The molecular formula is C19H19BrN2O5S. The van der Waals surface area contributed by atoms with Gasteiger partial charge >= 0.3 is 5.97 Å². The van der Waals surface area contributed by atoms with E-state index in [1.54, 1.807) is 12.1 Å². The number of hydrogen-bond donors (Lipinski definition) is 0. The summed E-state index contributed by atoms with van der Waals surface area (Å²) in [6.07, 6.45) is 2.11. The molecule has 7 nitrogen and oxygen atoms in total. The monoisotopic (exact) mass is 466 g/mol. The van der Waals surface area contributed by atoms with E-state index in [-0.39, 0.29) is 28.6 Å². The van der Waals surface area contributed by atoms with Crippen LogP contribution >= 0.6 is 15.9 Å². The first kappa shape index (κ1) is 20.3. The van der Waals surface area contributed by atoms with E-state index in [4.69, 9.17) is 9.47 Å². The Morgan fingerprint density at radius 1 is 1.25 bits per heavy atom. The molecule has 2 aromatic heterocycles. The maximum atomic E-state index is 13.5. The summed E-state index contributed by atoms with van der Waals surface area (Å²) in [5.41, 5.74) is 0.970. The van der Waals surface area contributed by atoms with E-state index in [2.05, 4.69) is 20.9 Å². The number of benzene rings is 1. The fourth-order valence-corrected chi connectivity index (χ4v) is 4.65. The average Bonchev–Trinajstić information content (AvgIpc) is 3.09. The lowest BCUT2D eigenvalue weighted by molar-refractivity contribution is 0.0497. The highest BCUT2D eigenvalue weighted by Crippen LogP contribution is 2.35. The van der Waals surface area contributed by atoms with Gasteiger partial charge in [0, 0.05) is 16.1 Å². The number of halogens is 1. The predicted molar refractivity (Wildman–Crippen MR) is 108 cm³/mol. The molecule has 2 heterocycles. The number of pyridine rings is 1. The minimum absolute atomic E-state index is 0.0437. The van der Waals surface area contributed by atoms with Gasteiger partial charge in [-0.1, -0.05) is 24.6 Å². The molecule has 3 aromatic rings. The van der Waals surface area contributed by atoms with Crippen molar-refractivity contribution in [3.8, 4) is 5.88 Å². The first-order valence-electron chi connectivity index (χ1n) is 8.54. The smallest absolute Gasteiger partial charge is 0.356 e. The molecule has 9 heteroatoms. The van der Waals surface area contributed by atoms with Crippen molar-refractivity contribution < 1.29 is 22.7 Å². The van der Waals surface area contributed by atoms with Gasteiger partial charge in [0.25, 0.3) is 10.0 Å². The zero-order valence-corrected chi connectivity index (χ0v) is 18.0. The Balaban J connectivity index is 2.36. The molecule has 28 heavy (non-hydrogen) atoms. The molecule has 0 N–H and O–H groups in total. The highest BCUT2D eigenvalue weighted by atomic mass is 79.9. The van der Waals surface area contributed by atoms with Crippen molar-refractivity contribution in [2.45, 2.75) is 25.2 Å². The van der Waals surface area contributed by atoms with Crippen molar-refractivity contribution in [1.82, 2.24) is 8.96 Å². The normalized spacial score (nSPS) is 11.6. The van der Waals surface area contributed by atoms with Gasteiger partial charge in [-0.2, -0.15) is 0 Å². The van der Waals surface area contributed by atoms with E-state index >= 15 is 0 Å². The zero-order valence-electron chi connectivity index (χ0n) is 15.6. The minimum Gasteiger partial charge on any atom is -0.479 e. The van der Waals surface area contributed by atoms with Crippen molar-refractivity contribution in [1.29, 1.82) is 0 Å². The summed E-state index contributed by atoms with van der Waals surface area (Å²) in [4.78, 5) is 16.8. The average molecular weight is 467 g/mol. The summed E-state index contributed by atoms with van der Waals surface area (Å²) < 4.78 is 38.9. The second kappa shape index (κ2) is 7.92. The van der Waals surface area contributed by atoms with Gasteiger partial charge in [-0.05, 0) is 47.5 Å². The van der Waals surface area contributed by atoms with Crippen LogP contribution in [0, 0.1) is 6.92 Å². The largest absolute Gasteiger partial charge is 0.479 e. The van der Waals surface area contributed by atoms with Crippen LogP contribution in [0.2, 0.25) is 0 Å². The second-order valence-corrected chi connectivity index (χ2v) is 8.77. The van der Waals surface area contributed by atoms with E-state index in [0.717, 1.165) is 9.54 Å². The number of esters is 1. The first-order valence-corrected chi connectivity index (χ1v) is 10.8. The van der Waals surface area contributed by atoms with E-state index in [9.17, 15) is 13.2 Å². The van der Waals surface area contributed by atoms with Crippen LogP contribution in [0.5, 0.6) is 5.88 Å². The Labute approximate surface area is 171 Å². The quantitative estimate of drug-likeness (QED) is 0.511. The first-order chi connectivity index (χ1) is 13.3. The number of carbonyl (C=O) groups excluding carboxylic acids is 1. The van der Waals surface area contributed by atoms with Crippen molar-refractivity contribution in [2.24, 2.45) is 0 Å². The molecule has 0 saturated heterocycles. The molecule has 0 saturated carbocycles. The Kier molecular flexibility index (Phi) is 5.76. The summed E-state index contributed by atoms with van der Waals surface area (Å²) in [5, 5.41) is 0.478. The summed E-state index contributed by atoms with van der Waals surface area (Å²) in [6.45, 7) is 3.90. The molecule has 0 radical (unpaired) electrons. The van der Waals surface area contributed by atoms with Gasteiger partial charge in [-0.15, -0.1) is 0 Å². The molecule has 0 spiro atoms. The number of carbonyl (C=O) groups is 1. The third kappa shape index (κ3) is 3.51. The van der Waals surface area contributed by atoms with Crippen LogP contribution in [0.15, 0.2) is 45.9 Å². The number of fused-ring (bicyclic) bond motifs is 1. The lowest BCUT2D eigenvalue weighted by Gasteiger charge is -2.13. The van der Waals surface area contributed by atoms with Crippen LogP contribution in [0.3, 0.4) is 0 Å². The summed E-state index contributed by atoms with van der Waals surface area (Å²) in [7, 11) is -2.72. The van der Waals surface area contributed by atoms with Crippen LogP contribution in [-0.4, -0.2) is 37.1 Å². The SMILES string of the molecule is CCCOC(=O)c1cc2c(Br)cnc(OC)c2n1S(=O)(=O)c1ccc(C)cc1. The molecule has 1 aromatic carbocycles. The molecule has 0 aliphatic carbocycles. The summed E-state index contributed by atoms with van der Waals surface area (Å²) >= 11 is 3.36. The Morgan fingerprint density at radius 3 is 2.54 bits per heavy atom. The van der Waals surface area contributed by atoms with Crippen molar-refractivity contribution in [2.75, 3.05) is 13.7 Å². The molecule has 0 fully saturated rings. The van der Waals surface area contributed by atoms with Gasteiger partial charge in [-0.25, -0.2) is 22.2 Å². The Hall–Kier alpha value is -2.39. The molecule has 3 rings (SSSR count). The number of nitrogens with zero attached hydrogens (tertiary/aromatic N) is 2. The van der Waals surface area contributed by atoms with Crippen molar-refractivity contribution in [3.63, 3.8) is 0 Å². The third-order valence-corrected chi connectivity index (χ3v) is 6.47. The lowest BCUT2D eigenvalue weighted by Crippen LogP contribution is -2.20. The highest BCUT2D eigenvalue weighted by molar-refractivity contribution is 9.10. The van der Waals surface area contributed by atoms with Crippen LogP contribution in [0.4, 0.5) is 0 Å². The van der Waals surface area contributed by atoms with Crippen LogP contribution in [0.25, 0.3) is 10.9 Å². The zero-order chi connectivity index (χ0) is 20.5. The van der Waals surface area contributed by atoms with Gasteiger partial charge < -0.3 is 9.47 Å². The van der Waals surface area contributed by atoms with Crippen LogP contribution in [0.1, 0.15) is 29.4 Å². The van der Waals surface area contributed by atoms with E-state index in [1.807, 2.05) is 13.8 Å².